The Kier molecular flexibility index (Phi) is 11.2. The third-order valence-electron chi connectivity index (χ3n) is 2.41. The standard InChI is InChI=1S/C10H19N3O3.C2H5NO.CH4/c1-6-4-7(13-10(11)12)5-9(16-6)8(15)2-3-14;1-2(3)4;/h4,7-9,14-15H,2-3,5H2,1H3,(H4,11,12,13);1H3,(H2,3,4);1H4. The van der Waals surface area contributed by atoms with Crippen LogP contribution >= 0.6 is 0 Å². The van der Waals surface area contributed by atoms with Crippen LogP contribution in [0.2, 0.25) is 0 Å². The third kappa shape index (κ3) is 10.6. The Labute approximate surface area is 125 Å². The monoisotopic (exact) mass is 304 g/mol. The number of aliphatic imine (C=N–C) groups is 1. The van der Waals surface area contributed by atoms with Crippen molar-refractivity contribution in [2.24, 2.45) is 22.2 Å². The molecule has 0 spiro atoms. The Morgan fingerprint density at radius 2 is 2.05 bits per heavy atom. The van der Waals surface area contributed by atoms with Crippen LogP contribution in [0.4, 0.5) is 0 Å². The molecule has 0 aromatic heterocycles. The van der Waals surface area contributed by atoms with Crippen molar-refractivity contribution in [1.29, 1.82) is 0 Å². The van der Waals surface area contributed by atoms with E-state index < -0.39 is 6.10 Å². The average molecular weight is 304 g/mol. The van der Waals surface area contributed by atoms with E-state index in [1.165, 1.54) is 6.92 Å². The minimum absolute atomic E-state index is 0. The summed E-state index contributed by atoms with van der Waals surface area (Å²) in [6, 6.07) is -0.169. The number of amides is 1. The molecule has 1 amide bonds. The number of aliphatic hydroxyl groups excluding tert-OH is 2. The molecule has 8 N–H and O–H groups in total. The van der Waals surface area contributed by atoms with Crippen LogP contribution in [-0.4, -0.2) is 46.9 Å². The van der Waals surface area contributed by atoms with E-state index in [0.717, 1.165) is 0 Å². The van der Waals surface area contributed by atoms with Crippen molar-refractivity contribution in [3.05, 3.63) is 11.8 Å². The summed E-state index contributed by atoms with van der Waals surface area (Å²) in [5.74, 6) is 0.370. The van der Waals surface area contributed by atoms with Gasteiger partial charge in [0.15, 0.2) is 5.96 Å². The number of allylic oxidation sites excluding steroid dienone is 1. The molecule has 0 bridgehead atoms. The fourth-order valence-corrected chi connectivity index (χ4v) is 1.74. The Hall–Kier alpha value is -1.80. The van der Waals surface area contributed by atoms with Crippen molar-refractivity contribution in [2.45, 2.75) is 52.4 Å². The molecule has 1 rings (SSSR count). The number of rotatable bonds is 4. The van der Waals surface area contributed by atoms with Gasteiger partial charge >= 0.3 is 0 Å². The summed E-state index contributed by atoms with van der Waals surface area (Å²) in [6.45, 7) is 3.02. The SMILES string of the molecule is C.CC(N)=O.CC1=CC(N=C(N)N)CC(C(O)CCO)O1. The molecule has 0 saturated heterocycles. The molecule has 1 aliphatic heterocycles. The van der Waals surface area contributed by atoms with Crippen molar-refractivity contribution in [3.63, 3.8) is 0 Å². The molecule has 0 aromatic carbocycles. The zero-order valence-corrected chi connectivity index (χ0v) is 11.8. The van der Waals surface area contributed by atoms with Crippen molar-refractivity contribution in [1.82, 2.24) is 0 Å². The minimum atomic E-state index is -0.703. The number of hydrogen-bond acceptors (Lipinski definition) is 5. The molecule has 0 aliphatic carbocycles. The topological polar surface area (TPSA) is 157 Å². The van der Waals surface area contributed by atoms with Crippen molar-refractivity contribution < 1.29 is 19.7 Å². The first kappa shape index (κ1) is 21.5. The summed E-state index contributed by atoms with van der Waals surface area (Å²) in [5.41, 5.74) is 15.1. The Balaban J connectivity index is 0. The molecule has 0 fully saturated rings. The number of nitrogens with two attached hydrogens (primary N) is 3. The zero-order valence-electron chi connectivity index (χ0n) is 11.8. The Morgan fingerprint density at radius 1 is 1.52 bits per heavy atom. The van der Waals surface area contributed by atoms with Crippen molar-refractivity contribution >= 4 is 11.9 Å². The smallest absolute Gasteiger partial charge is 0.214 e. The lowest BCUT2D eigenvalue weighted by molar-refractivity contribution is -0.115. The molecule has 124 valence electrons. The number of guanidine groups is 1. The molecule has 3 atom stereocenters. The van der Waals surface area contributed by atoms with Gasteiger partial charge in [0.1, 0.15) is 6.10 Å². The molecule has 0 aromatic rings. The van der Waals surface area contributed by atoms with E-state index in [2.05, 4.69) is 10.7 Å². The van der Waals surface area contributed by atoms with E-state index in [4.69, 9.17) is 21.3 Å². The van der Waals surface area contributed by atoms with Crippen LogP contribution in [0, 0.1) is 0 Å². The number of aliphatic hydroxyl groups is 2. The van der Waals surface area contributed by atoms with Gasteiger partial charge in [0.05, 0.1) is 17.9 Å². The van der Waals surface area contributed by atoms with E-state index in [0.29, 0.717) is 12.2 Å². The molecule has 1 aliphatic rings. The lowest BCUT2D eigenvalue weighted by atomic mass is 10.00. The van der Waals surface area contributed by atoms with Gasteiger partial charge in [-0.25, -0.2) is 4.99 Å². The van der Waals surface area contributed by atoms with E-state index >= 15 is 0 Å². The number of primary amides is 1. The van der Waals surface area contributed by atoms with Gasteiger partial charge < -0.3 is 32.2 Å². The summed E-state index contributed by atoms with van der Waals surface area (Å²) < 4.78 is 5.46. The predicted molar refractivity (Wildman–Crippen MR) is 82.2 cm³/mol. The highest BCUT2D eigenvalue weighted by molar-refractivity contribution is 5.76. The van der Waals surface area contributed by atoms with Crippen LogP contribution in [0.25, 0.3) is 0 Å². The fourth-order valence-electron chi connectivity index (χ4n) is 1.74. The normalized spacial score (nSPS) is 21.4. The quantitative estimate of drug-likeness (QED) is 0.337. The fraction of sp³-hybridized carbons (Fsp3) is 0.692. The first-order chi connectivity index (χ1) is 9.26. The number of nitrogens with zero attached hydrogens (tertiary/aromatic N) is 1. The maximum absolute atomic E-state index is 9.72. The predicted octanol–water partition coefficient (Wildman–Crippen LogP) is -0.808. The zero-order chi connectivity index (χ0) is 15.7. The Bertz CT molecular complexity index is 363. The molecule has 3 unspecified atom stereocenters. The van der Waals surface area contributed by atoms with Crippen LogP contribution < -0.4 is 17.2 Å². The number of hydrogen-bond donors (Lipinski definition) is 5. The molecular formula is C13H28N4O4. The molecule has 8 nitrogen and oxygen atoms in total. The number of carbonyl (C=O) groups excluding carboxylic acids is 1. The highest BCUT2D eigenvalue weighted by atomic mass is 16.5. The van der Waals surface area contributed by atoms with E-state index in [-0.39, 0.29) is 44.5 Å². The maximum Gasteiger partial charge on any atom is 0.214 e. The summed E-state index contributed by atoms with van der Waals surface area (Å²) in [4.78, 5) is 13.2. The molecule has 1 heterocycles. The number of carbonyl (C=O) groups is 1. The average Bonchev–Trinajstić information content (AvgIpc) is 2.26. The Morgan fingerprint density at radius 3 is 2.48 bits per heavy atom. The lowest BCUT2D eigenvalue weighted by Crippen LogP contribution is -2.36. The second kappa shape index (κ2) is 10.9. The van der Waals surface area contributed by atoms with Gasteiger partial charge in [0, 0.05) is 26.4 Å². The summed E-state index contributed by atoms with van der Waals surface area (Å²) in [6.07, 6.45) is 1.53. The minimum Gasteiger partial charge on any atom is -0.493 e. The van der Waals surface area contributed by atoms with Gasteiger partial charge in [0.2, 0.25) is 5.91 Å². The summed E-state index contributed by atoms with van der Waals surface area (Å²) in [5, 5.41) is 18.5. The van der Waals surface area contributed by atoms with Crippen LogP contribution in [-0.2, 0) is 9.53 Å². The van der Waals surface area contributed by atoms with Gasteiger partial charge in [-0.15, -0.1) is 0 Å². The van der Waals surface area contributed by atoms with Gasteiger partial charge in [0.25, 0.3) is 0 Å². The second-order valence-electron chi connectivity index (χ2n) is 4.48. The van der Waals surface area contributed by atoms with Crippen molar-refractivity contribution in [3.8, 4) is 0 Å². The second-order valence-corrected chi connectivity index (χ2v) is 4.48. The largest absolute Gasteiger partial charge is 0.493 e. The van der Waals surface area contributed by atoms with Gasteiger partial charge in [-0.05, 0) is 13.0 Å². The van der Waals surface area contributed by atoms with Gasteiger partial charge in [-0.3, -0.25) is 4.79 Å². The van der Waals surface area contributed by atoms with Crippen LogP contribution in [0.15, 0.2) is 16.8 Å². The first-order valence-electron chi connectivity index (χ1n) is 6.25. The van der Waals surface area contributed by atoms with Gasteiger partial charge in [-0.1, -0.05) is 7.43 Å². The molecule has 21 heavy (non-hydrogen) atoms. The van der Waals surface area contributed by atoms with E-state index in [1.54, 1.807) is 6.92 Å². The van der Waals surface area contributed by atoms with E-state index in [9.17, 15) is 9.90 Å². The van der Waals surface area contributed by atoms with Crippen molar-refractivity contribution in [2.75, 3.05) is 6.61 Å². The highest BCUT2D eigenvalue weighted by Crippen LogP contribution is 2.22. The highest BCUT2D eigenvalue weighted by Gasteiger charge is 2.27. The lowest BCUT2D eigenvalue weighted by Gasteiger charge is -2.30. The van der Waals surface area contributed by atoms with E-state index in [1.807, 2.05) is 6.08 Å². The third-order valence-corrected chi connectivity index (χ3v) is 2.41. The van der Waals surface area contributed by atoms with Gasteiger partial charge in [-0.2, -0.15) is 0 Å². The molecular weight excluding hydrogens is 276 g/mol. The van der Waals surface area contributed by atoms with Crippen LogP contribution in [0.3, 0.4) is 0 Å². The molecule has 8 heteroatoms. The van der Waals surface area contributed by atoms with Crippen LogP contribution in [0.1, 0.15) is 34.1 Å². The summed E-state index contributed by atoms with van der Waals surface area (Å²) >= 11 is 0. The first-order valence-corrected chi connectivity index (χ1v) is 6.25. The summed E-state index contributed by atoms with van der Waals surface area (Å²) in [7, 11) is 0. The number of ether oxygens (including phenoxy) is 1. The van der Waals surface area contributed by atoms with Crippen LogP contribution in [0.5, 0.6) is 0 Å². The molecule has 0 saturated carbocycles. The molecule has 0 radical (unpaired) electrons. The maximum atomic E-state index is 9.72.